The van der Waals surface area contributed by atoms with Crippen molar-refractivity contribution in [2.45, 2.75) is 14.7 Å². The van der Waals surface area contributed by atoms with Crippen LogP contribution in [0.5, 0.6) is 11.5 Å². The molecule has 3 aromatic carbocycles. The van der Waals surface area contributed by atoms with Crippen LogP contribution in [0.25, 0.3) is 0 Å². The van der Waals surface area contributed by atoms with Gasteiger partial charge in [0.15, 0.2) is 14.7 Å². The maximum Gasteiger partial charge on any atom is 0.166 e. The third kappa shape index (κ3) is 9.44. The third-order valence-electron chi connectivity index (χ3n) is 5.02. The van der Waals surface area contributed by atoms with E-state index in [9.17, 15) is 4.39 Å². The fourth-order valence-electron chi connectivity index (χ4n) is 3.25. The molecule has 0 aliphatic rings. The minimum Gasteiger partial charge on any atom is -0.491 e. The van der Waals surface area contributed by atoms with E-state index in [2.05, 4.69) is 24.3 Å². The standard InChI is InChI=1S/C28H34FO6S/c1-30-15-17-32-19-21-34-24-5-11-27(12-6-24)36(26-9-3-23(29)4-10-26)28-13-7-25(8-14-28)35-22-20-33-18-16-31-2/h3-14H,15-22H2,1-2H3/q+1. The quantitative estimate of drug-likeness (QED) is 0.185. The summed E-state index contributed by atoms with van der Waals surface area (Å²) < 4.78 is 46.0. The molecule has 0 aliphatic heterocycles. The number of halogens is 1. The monoisotopic (exact) mass is 517 g/mol. The van der Waals surface area contributed by atoms with Crippen molar-refractivity contribution in [3.05, 3.63) is 78.6 Å². The smallest absolute Gasteiger partial charge is 0.166 e. The number of hydrogen-bond donors (Lipinski definition) is 0. The van der Waals surface area contributed by atoms with E-state index in [1.54, 1.807) is 14.2 Å². The van der Waals surface area contributed by atoms with Crippen molar-refractivity contribution in [2.24, 2.45) is 0 Å². The number of methoxy groups -OCH3 is 2. The molecule has 0 aliphatic carbocycles. The van der Waals surface area contributed by atoms with Gasteiger partial charge in [-0.2, -0.15) is 0 Å². The summed E-state index contributed by atoms with van der Waals surface area (Å²) in [4.78, 5) is 3.23. The minimum absolute atomic E-state index is 0.254. The molecule has 0 bridgehead atoms. The number of ether oxygens (including phenoxy) is 6. The Bertz CT molecular complexity index is 923. The predicted molar refractivity (Wildman–Crippen MR) is 138 cm³/mol. The molecule has 0 aromatic heterocycles. The fourth-order valence-corrected chi connectivity index (χ4v) is 5.29. The van der Waals surface area contributed by atoms with Crippen molar-refractivity contribution >= 4 is 10.9 Å². The van der Waals surface area contributed by atoms with Gasteiger partial charge in [0.05, 0.1) is 50.5 Å². The van der Waals surface area contributed by atoms with Crippen LogP contribution in [-0.4, -0.2) is 67.1 Å². The van der Waals surface area contributed by atoms with Gasteiger partial charge < -0.3 is 28.4 Å². The van der Waals surface area contributed by atoms with E-state index in [0.717, 1.165) is 26.2 Å². The third-order valence-corrected chi connectivity index (χ3v) is 7.26. The van der Waals surface area contributed by atoms with Gasteiger partial charge in [-0.1, -0.05) is 0 Å². The molecule has 8 heteroatoms. The van der Waals surface area contributed by atoms with Gasteiger partial charge in [-0.15, -0.1) is 0 Å². The first-order valence-electron chi connectivity index (χ1n) is 11.8. The lowest BCUT2D eigenvalue weighted by Crippen LogP contribution is -2.10. The molecule has 0 atom stereocenters. The van der Waals surface area contributed by atoms with Crippen LogP contribution < -0.4 is 9.47 Å². The predicted octanol–water partition coefficient (Wildman–Crippen LogP) is 5.00. The Kier molecular flexibility index (Phi) is 12.6. The highest BCUT2D eigenvalue weighted by atomic mass is 32.2. The SMILES string of the molecule is COCCOCCOc1ccc([S+](c2ccc(F)cc2)c2ccc(OCCOCCOC)cc2)cc1. The van der Waals surface area contributed by atoms with Crippen LogP contribution in [0.3, 0.4) is 0 Å². The van der Waals surface area contributed by atoms with Crippen molar-refractivity contribution in [2.75, 3.05) is 67.1 Å². The molecular formula is C28H34FO6S+. The summed E-state index contributed by atoms with van der Waals surface area (Å²) in [5, 5.41) is 0. The molecule has 36 heavy (non-hydrogen) atoms. The number of benzene rings is 3. The molecular weight excluding hydrogens is 483 g/mol. The van der Waals surface area contributed by atoms with Gasteiger partial charge in [0.25, 0.3) is 0 Å². The van der Waals surface area contributed by atoms with Crippen molar-refractivity contribution in [1.29, 1.82) is 0 Å². The van der Waals surface area contributed by atoms with Crippen LogP contribution in [0.2, 0.25) is 0 Å². The van der Waals surface area contributed by atoms with Gasteiger partial charge in [-0.05, 0) is 72.8 Å². The molecule has 0 spiro atoms. The largest absolute Gasteiger partial charge is 0.491 e. The van der Waals surface area contributed by atoms with Crippen LogP contribution in [0.4, 0.5) is 4.39 Å². The van der Waals surface area contributed by atoms with Crippen molar-refractivity contribution in [3.8, 4) is 11.5 Å². The summed E-state index contributed by atoms with van der Waals surface area (Å²) >= 11 is 0. The highest BCUT2D eigenvalue weighted by Crippen LogP contribution is 2.33. The number of rotatable bonds is 17. The van der Waals surface area contributed by atoms with E-state index in [4.69, 9.17) is 28.4 Å². The summed E-state index contributed by atoms with van der Waals surface area (Å²) in [6, 6.07) is 22.7. The highest BCUT2D eigenvalue weighted by Gasteiger charge is 2.29. The lowest BCUT2D eigenvalue weighted by Gasteiger charge is -2.11. The molecule has 194 valence electrons. The normalized spacial score (nSPS) is 11.1. The van der Waals surface area contributed by atoms with Gasteiger partial charge in [-0.25, -0.2) is 4.39 Å². The van der Waals surface area contributed by atoms with Gasteiger partial charge in [0.2, 0.25) is 0 Å². The molecule has 0 radical (unpaired) electrons. The molecule has 0 fully saturated rings. The Morgan fingerprint density at radius 1 is 0.500 bits per heavy atom. The highest BCUT2D eigenvalue weighted by molar-refractivity contribution is 7.97. The van der Waals surface area contributed by atoms with Crippen LogP contribution in [-0.2, 0) is 29.8 Å². The van der Waals surface area contributed by atoms with Crippen molar-refractivity contribution in [1.82, 2.24) is 0 Å². The zero-order valence-corrected chi connectivity index (χ0v) is 21.6. The van der Waals surface area contributed by atoms with Crippen LogP contribution >= 0.6 is 0 Å². The van der Waals surface area contributed by atoms with E-state index < -0.39 is 10.9 Å². The average Bonchev–Trinajstić information content (AvgIpc) is 2.91. The second-order valence-corrected chi connectivity index (χ2v) is 9.64. The molecule has 0 saturated carbocycles. The van der Waals surface area contributed by atoms with E-state index >= 15 is 0 Å². The Morgan fingerprint density at radius 2 is 0.861 bits per heavy atom. The molecule has 6 nitrogen and oxygen atoms in total. The van der Waals surface area contributed by atoms with E-state index in [0.29, 0.717) is 52.9 Å². The summed E-state index contributed by atoms with van der Waals surface area (Å²) in [5.41, 5.74) is 0. The Labute approximate surface area is 215 Å². The first-order valence-corrected chi connectivity index (χ1v) is 13.0. The topological polar surface area (TPSA) is 55.4 Å². The molecule has 0 unspecified atom stereocenters. The molecule has 3 rings (SSSR count). The molecule has 0 heterocycles. The lowest BCUT2D eigenvalue weighted by atomic mass is 10.3. The Balaban J connectivity index is 1.65. The molecule has 0 saturated heterocycles. The summed E-state index contributed by atoms with van der Waals surface area (Å²) in [6.07, 6.45) is 0. The van der Waals surface area contributed by atoms with Gasteiger partial charge in [0, 0.05) is 14.2 Å². The maximum atomic E-state index is 13.6. The van der Waals surface area contributed by atoms with Crippen molar-refractivity contribution < 1.29 is 32.8 Å². The molecule has 0 N–H and O–H groups in total. The van der Waals surface area contributed by atoms with Crippen LogP contribution in [0.15, 0.2) is 87.5 Å². The fraction of sp³-hybridized carbons (Fsp3) is 0.357. The summed E-state index contributed by atoms with van der Waals surface area (Å²) in [7, 11) is 2.87. The van der Waals surface area contributed by atoms with E-state index in [-0.39, 0.29) is 5.82 Å². The summed E-state index contributed by atoms with van der Waals surface area (Å²) in [5.74, 6) is 1.29. The van der Waals surface area contributed by atoms with Crippen molar-refractivity contribution in [3.63, 3.8) is 0 Å². The zero-order chi connectivity index (χ0) is 25.4. The van der Waals surface area contributed by atoms with E-state index in [1.807, 2.05) is 36.4 Å². The second kappa shape index (κ2) is 16.2. The number of hydrogen-bond acceptors (Lipinski definition) is 6. The van der Waals surface area contributed by atoms with Gasteiger partial charge in [-0.3, -0.25) is 0 Å². The zero-order valence-electron chi connectivity index (χ0n) is 20.8. The lowest BCUT2D eigenvalue weighted by molar-refractivity contribution is 0.0544. The maximum absolute atomic E-state index is 13.6. The first kappa shape index (κ1) is 28.0. The second-order valence-electron chi connectivity index (χ2n) is 7.61. The Morgan fingerprint density at radius 3 is 1.25 bits per heavy atom. The Hall–Kier alpha value is -2.62. The van der Waals surface area contributed by atoms with E-state index in [1.165, 1.54) is 12.1 Å². The molecule has 0 amide bonds. The van der Waals surface area contributed by atoms with Crippen LogP contribution in [0, 0.1) is 5.82 Å². The van der Waals surface area contributed by atoms with Gasteiger partial charge in [0.1, 0.15) is 30.5 Å². The first-order chi connectivity index (χ1) is 17.7. The minimum atomic E-state index is -0.417. The average molecular weight is 518 g/mol. The molecule has 3 aromatic rings. The summed E-state index contributed by atoms with van der Waals surface area (Å²) in [6.45, 7) is 4.15. The van der Waals surface area contributed by atoms with Gasteiger partial charge >= 0.3 is 0 Å². The van der Waals surface area contributed by atoms with Crippen LogP contribution in [0.1, 0.15) is 0 Å².